The molecule has 0 amide bonds. The smallest absolute Gasteiger partial charge is 0.123 e. The maximum atomic E-state index is 13.4. The van der Waals surface area contributed by atoms with Crippen LogP contribution in [0.4, 0.5) is 4.39 Å². The highest BCUT2D eigenvalue weighted by atomic mass is 35.5. The molecule has 0 aliphatic carbocycles. The molecule has 0 N–H and O–H groups in total. The molecule has 0 aromatic heterocycles. The molecule has 0 aliphatic heterocycles. The van der Waals surface area contributed by atoms with Gasteiger partial charge >= 0.3 is 0 Å². The molecule has 0 fully saturated rings. The van der Waals surface area contributed by atoms with Crippen LogP contribution >= 0.6 is 11.6 Å². The second-order valence-corrected chi connectivity index (χ2v) is 5.20. The van der Waals surface area contributed by atoms with E-state index in [1.165, 1.54) is 23.3 Å². The summed E-state index contributed by atoms with van der Waals surface area (Å²) in [6.45, 7) is 5.99. The maximum absolute atomic E-state index is 13.4. The summed E-state index contributed by atoms with van der Waals surface area (Å²) in [6.07, 6.45) is 0. The highest BCUT2D eigenvalue weighted by Crippen LogP contribution is 2.30. The predicted octanol–water partition coefficient (Wildman–Crippen LogP) is 5.08. The summed E-state index contributed by atoms with van der Waals surface area (Å²) in [5.74, 6) is -0.237. The number of hydrogen-bond donors (Lipinski definition) is 0. The van der Waals surface area contributed by atoms with Gasteiger partial charge in [0, 0.05) is 0 Å². The molecule has 0 heterocycles. The van der Waals surface area contributed by atoms with Gasteiger partial charge in [0.2, 0.25) is 0 Å². The molecule has 1 atom stereocenters. The van der Waals surface area contributed by atoms with E-state index >= 15 is 0 Å². The zero-order valence-electron chi connectivity index (χ0n) is 10.8. The van der Waals surface area contributed by atoms with Gasteiger partial charge in [0.05, 0.1) is 5.38 Å². The lowest BCUT2D eigenvalue weighted by molar-refractivity contribution is 0.624. The van der Waals surface area contributed by atoms with Crippen LogP contribution in [-0.2, 0) is 0 Å². The number of halogens is 2. The molecule has 0 saturated heterocycles. The zero-order chi connectivity index (χ0) is 13.3. The van der Waals surface area contributed by atoms with E-state index in [4.69, 9.17) is 11.6 Å². The Morgan fingerprint density at radius 3 is 2.22 bits per heavy atom. The van der Waals surface area contributed by atoms with Gasteiger partial charge in [-0.2, -0.15) is 0 Å². The molecule has 0 nitrogen and oxygen atoms in total. The fourth-order valence-corrected chi connectivity index (χ4v) is 2.29. The molecule has 0 radical (unpaired) electrons. The van der Waals surface area contributed by atoms with Crippen LogP contribution in [0.25, 0.3) is 0 Å². The summed E-state index contributed by atoms with van der Waals surface area (Å²) < 4.78 is 13.4. The van der Waals surface area contributed by atoms with Gasteiger partial charge in [0.25, 0.3) is 0 Å². The van der Waals surface area contributed by atoms with Crippen molar-refractivity contribution in [3.8, 4) is 0 Å². The van der Waals surface area contributed by atoms with Crippen LogP contribution in [0.15, 0.2) is 36.4 Å². The average molecular weight is 263 g/mol. The molecule has 2 aromatic rings. The first-order valence-electron chi connectivity index (χ1n) is 5.95. The summed E-state index contributed by atoms with van der Waals surface area (Å²) in [6, 6.07) is 11.0. The summed E-state index contributed by atoms with van der Waals surface area (Å²) in [7, 11) is 0. The minimum Gasteiger partial charge on any atom is -0.207 e. The van der Waals surface area contributed by atoms with Crippen molar-refractivity contribution in [1.82, 2.24) is 0 Å². The second kappa shape index (κ2) is 5.11. The van der Waals surface area contributed by atoms with Crippen molar-refractivity contribution in [2.75, 3.05) is 0 Å². The monoisotopic (exact) mass is 262 g/mol. The summed E-state index contributed by atoms with van der Waals surface area (Å²) in [4.78, 5) is 0. The lowest BCUT2D eigenvalue weighted by Crippen LogP contribution is -1.96. The van der Waals surface area contributed by atoms with Crippen LogP contribution in [-0.4, -0.2) is 0 Å². The third kappa shape index (κ3) is 2.73. The topological polar surface area (TPSA) is 0 Å². The third-order valence-corrected chi connectivity index (χ3v) is 3.68. The van der Waals surface area contributed by atoms with Crippen molar-refractivity contribution >= 4 is 11.6 Å². The van der Waals surface area contributed by atoms with Crippen molar-refractivity contribution in [2.24, 2.45) is 0 Å². The summed E-state index contributed by atoms with van der Waals surface area (Å²) in [5.41, 5.74) is 5.13. The Balaban J connectivity index is 2.40. The minimum atomic E-state index is -0.307. The fraction of sp³-hybridized carbons (Fsp3) is 0.250. The molecule has 2 rings (SSSR count). The summed E-state index contributed by atoms with van der Waals surface area (Å²) in [5, 5.41) is -0.307. The molecule has 2 heteroatoms. The molecule has 0 aliphatic rings. The second-order valence-electron chi connectivity index (χ2n) is 4.77. The van der Waals surface area contributed by atoms with Crippen molar-refractivity contribution < 1.29 is 4.39 Å². The molecule has 0 bridgehead atoms. The Morgan fingerprint density at radius 1 is 0.889 bits per heavy atom. The molecule has 1 unspecified atom stereocenters. The Labute approximate surface area is 112 Å². The molecule has 94 valence electrons. The van der Waals surface area contributed by atoms with E-state index in [0.717, 1.165) is 16.7 Å². The zero-order valence-corrected chi connectivity index (χ0v) is 11.6. The standard InChI is InChI=1S/C16H16ClF/c1-10-6-14(9-15(18)7-10)16(17)13-5-4-11(2)12(3)8-13/h4-9,16H,1-3H3. The third-order valence-electron chi connectivity index (χ3n) is 3.18. The van der Waals surface area contributed by atoms with Crippen LogP contribution in [0.1, 0.15) is 33.2 Å². The van der Waals surface area contributed by atoms with Gasteiger partial charge in [-0.3, -0.25) is 0 Å². The molecule has 2 aromatic carbocycles. The normalized spacial score (nSPS) is 12.5. The Hall–Kier alpha value is -1.34. The largest absolute Gasteiger partial charge is 0.207 e. The first-order valence-corrected chi connectivity index (χ1v) is 6.39. The molecule has 18 heavy (non-hydrogen) atoms. The minimum absolute atomic E-state index is 0.237. The SMILES string of the molecule is Cc1cc(F)cc(C(Cl)c2ccc(C)c(C)c2)c1. The van der Waals surface area contributed by atoms with Gasteiger partial charge < -0.3 is 0 Å². The number of benzene rings is 2. The van der Waals surface area contributed by atoms with Crippen molar-refractivity contribution in [3.63, 3.8) is 0 Å². The highest BCUT2D eigenvalue weighted by Gasteiger charge is 2.12. The van der Waals surface area contributed by atoms with E-state index in [0.29, 0.717) is 0 Å². The van der Waals surface area contributed by atoms with Crippen LogP contribution in [0.2, 0.25) is 0 Å². The number of rotatable bonds is 2. The maximum Gasteiger partial charge on any atom is 0.123 e. The van der Waals surface area contributed by atoms with Gasteiger partial charge in [-0.05, 0) is 60.7 Å². The van der Waals surface area contributed by atoms with E-state index in [2.05, 4.69) is 19.9 Å². The predicted molar refractivity (Wildman–Crippen MR) is 74.7 cm³/mol. The van der Waals surface area contributed by atoms with Crippen molar-refractivity contribution in [2.45, 2.75) is 26.1 Å². The lowest BCUT2D eigenvalue weighted by Gasteiger charge is -2.13. The molecule has 0 saturated carbocycles. The first-order chi connectivity index (χ1) is 8.47. The van der Waals surface area contributed by atoms with E-state index in [1.54, 1.807) is 0 Å². The van der Waals surface area contributed by atoms with Crippen molar-refractivity contribution in [1.29, 1.82) is 0 Å². The van der Waals surface area contributed by atoms with Gasteiger partial charge in [-0.15, -0.1) is 11.6 Å². The summed E-state index contributed by atoms with van der Waals surface area (Å²) >= 11 is 6.43. The van der Waals surface area contributed by atoms with Gasteiger partial charge in [-0.25, -0.2) is 4.39 Å². The first kappa shape index (κ1) is 13.1. The number of alkyl halides is 1. The van der Waals surface area contributed by atoms with Gasteiger partial charge in [0.15, 0.2) is 0 Å². The van der Waals surface area contributed by atoms with E-state index in [-0.39, 0.29) is 11.2 Å². The van der Waals surface area contributed by atoms with Crippen LogP contribution in [0, 0.1) is 26.6 Å². The van der Waals surface area contributed by atoms with Crippen molar-refractivity contribution in [3.05, 3.63) is 70.0 Å². The van der Waals surface area contributed by atoms with Crippen LogP contribution in [0.5, 0.6) is 0 Å². The van der Waals surface area contributed by atoms with E-state index < -0.39 is 0 Å². The number of aryl methyl sites for hydroxylation is 3. The van der Waals surface area contributed by atoms with E-state index in [1.807, 2.05) is 25.1 Å². The number of hydrogen-bond acceptors (Lipinski definition) is 0. The average Bonchev–Trinajstić information content (AvgIpc) is 2.30. The van der Waals surface area contributed by atoms with Gasteiger partial charge in [-0.1, -0.05) is 24.3 Å². The Morgan fingerprint density at radius 2 is 1.61 bits per heavy atom. The van der Waals surface area contributed by atoms with Crippen LogP contribution < -0.4 is 0 Å². The lowest BCUT2D eigenvalue weighted by atomic mass is 9.99. The van der Waals surface area contributed by atoms with Crippen LogP contribution in [0.3, 0.4) is 0 Å². The quantitative estimate of drug-likeness (QED) is 0.662. The Kier molecular flexibility index (Phi) is 3.72. The Bertz CT molecular complexity index is 555. The molecular formula is C16H16ClF. The molecule has 0 spiro atoms. The fourth-order valence-electron chi connectivity index (χ4n) is 2.03. The van der Waals surface area contributed by atoms with Gasteiger partial charge in [0.1, 0.15) is 5.82 Å². The highest BCUT2D eigenvalue weighted by molar-refractivity contribution is 6.22. The van der Waals surface area contributed by atoms with E-state index in [9.17, 15) is 4.39 Å². The molecular weight excluding hydrogens is 247 g/mol.